The first kappa shape index (κ1) is 16.0. The molecule has 3 aromatic rings. The fraction of sp³-hybridized carbons (Fsp3) is 0.222. The topological polar surface area (TPSA) is 80.3 Å². The highest BCUT2D eigenvalue weighted by atomic mass is 16.4. The Balaban J connectivity index is 1.63. The van der Waals surface area contributed by atoms with Crippen LogP contribution in [0.2, 0.25) is 0 Å². The number of benzene rings is 1. The fourth-order valence-corrected chi connectivity index (χ4v) is 2.52. The van der Waals surface area contributed by atoms with Crippen LogP contribution in [0.3, 0.4) is 0 Å². The maximum absolute atomic E-state index is 12.4. The highest BCUT2D eigenvalue weighted by molar-refractivity contribution is 5.94. The standard InChI is InChI=1S/C18H19N3O3/c1-13(10-16(22)17-6-3-9-24-17)20-18(23)14-4-2-5-15(11-14)21-8-7-19-12-21/h2-9,11-13,16,22H,10H2,1H3,(H,20,23). The Labute approximate surface area is 139 Å². The number of aliphatic hydroxyl groups is 1. The molecule has 24 heavy (non-hydrogen) atoms. The lowest BCUT2D eigenvalue weighted by Crippen LogP contribution is -2.33. The van der Waals surface area contributed by atoms with Crippen molar-refractivity contribution >= 4 is 5.91 Å². The molecule has 124 valence electrons. The summed E-state index contributed by atoms with van der Waals surface area (Å²) >= 11 is 0. The molecule has 6 heteroatoms. The predicted molar refractivity (Wildman–Crippen MR) is 88.8 cm³/mol. The highest BCUT2D eigenvalue weighted by Crippen LogP contribution is 2.19. The number of carbonyl (C=O) groups is 1. The predicted octanol–water partition coefficient (Wildman–Crippen LogP) is 2.71. The molecule has 0 saturated heterocycles. The Hall–Kier alpha value is -2.86. The van der Waals surface area contributed by atoms with E-state index < -0.39 is 6.10 Å². The number of rotatable bonds is 6. The van der Waals surface area contributed by atoms with Crippen molar-refractivity contribution in [3.8, 4) is 5.69 Å². The van der Waals surface area contributed by atoms with Gasteiger partial charge in [-0.2, -0.15) is 0 Å². The fourth-order valence-electron chi connectivity index (χ4n) is 2.52. The molecule has 2 N–H and O–H groups in total. The van der Waals surface area contributed by atoms with Crippen molar-refractivity contribution in [2.75, 3.05) is 0 Å². The number of hydrogen-bond donors (Lipinski definition) is 2. The molecule has 1 amide bonds. The van der Waals surface area contributed by atoms with Crippen LogP contribution >= 0.6 is 0 Å². The molecule has 1 aromatic carbocycles. The number of nitrogens with zero attached hydrogens (tertiary/aromatic N) is 2. The summed E-state index contributed by atoms with van der Waals surface area (Å²) in [6, 6.07) is 10.5. The summed E-state index contributed by atoms with van der Waals surface area (Å²) in [5.41, 5.74) is 1.42. The van der Waals surface area contributed by atoms with E-state index in [-0.39, 0.29) is 11.9 Å². The van der Waals surface area contributed by atoms with Gasteiger partial charge in [-0.05, 0) is 37.3 Å². The van der Waals surface area contributed by atoms with Gasteiger partial charge >= 0.3 is 0 Å². The van der Waals surface area contributed by atoms with Crippen molar-refractivity contribution in [2.45, 2.75) is 25.5 Å². The van der Waals surface area contributed by atoms with Crippen LogP contribution < -0.4 is 5.32 Å². The van der Waals surface area contributed by atoms with E-state index in [9.17, 15) is 9.90 Å². The maximum atomic E-state index is 12.4. The number of aliphatic hydroxyl groups excluding tert-OH is 1. The van der Waals surface area contributed by atoms with Gasteiger partial charge in [-0.25, -0.2) is 4.98 Å². The average molecular weight is 325 g/mol. The molecular formula is C18H19N3O3. The van der Waals surface area contributed by atoms with Crippen LogP contribution in [0.25, 0.3) is 5.69 Å². The first-order chi connectivity index (χ1) is 11.6. The Bertz CT molecular complexity index is 782. The summed E-state index contributed by atoms with van der Waals surface area (Å²) in [5, 5.41) is 13.0. The lowest BCUT2D eigenvalue weighted by Gasteiger charge is -2.17. The zero-order valence-corrected chi connectivity index (χ0v) is 13.3. The molecule has 2 unspecified atom stereocenters. The summed E-state index contributed by atoms with van der Waals surface area (Å²) in [4.78, 5) is 16.4. The third-order valence-corrected chi connectivity index (χ3v) is 3.74. The summed E-state index contributed by atoms with van der Waals surface area (Å²) in [6.07, 6.45) is 6.33. The van der Waals surface area contributed by atoms with E-state index in [1.54, 1.807) is 36.8 Å². The molecule has 0 aliphatic carbocycles. The van der Waals surface area contributed by atoms with Crippen LogP contribution in [0, 0.1) is 0 Å². The number of aromatic nitrogens is 2. The van der Waals surface area contributed by atoms with Gasteiger partial charge in [0.2, 0.25) is 0 Å². The Morgan fingerprint density at radius 1 is 1.38 bits per heavy atom. The molecule has 0 spiro atoms. The van der Waals surface area contributed by atoms with Gasteiger partial charge in [0, 0.05) is 36.1 Å². The molecule has 0 aliphatic heterocycles. The zero-order valence-electron chi connectivity index (χ0n) is 13.3. The van der Waals surface area contributed by atoms with Gasteiger partial charge in [0.15, 0.2) is 0 Å². The van der Waals surface area contributed by atoms with Crippen molar-refractivity contribution in [1.82, 2.24) is 14.9 Å². The monoisotopic (exact) mass is 325 g/mol. The second kappa shape index (κ2) is 7.14. The quantitative estimate of drug-likeness (QED) is 0.730. The number of carbonyl (C=O) groups excluding carboxylic acids is 1. The van der Waals surface area contributed by atoms with Gasteiger partial charge in [0.25, 0.3) is 5.91 Å². The molecule has 0 fully saturated rings. The van der Waals surface area contributed by atoms with Gasteiger partial charge < -0.3 is 19.4 Å². The van der Waals surface area contributed by atoms with Crippen molar-refractivity contribution in [2.24, 2.45) is 0 Å². The highest BCUT2D eigenvalue weighted by Gasteiger charge is 2.17. The van der Waals surface area contributed by atoms with E-state index in [4.69, 9.17) is 4.42 Å². The molecule has 2 aromatic heterocycles. The van der Waals surface area contributed by atoms with Crippen molar-refractivity contribution in [1.29, 1.82) is 0 Å². The van der Waals surface area contributed by atoms with E-state index in [2.05, 4.69) is 10.3 Å². The number of furan rings is 1. The molecule has 3 rings (SSSR count). The van der Waals surface area contributed by atoms with Gasteiger partial charge in [-0.1, -0.05) is 6.07 Å². The first-order valence-corrected chi connectivity index (χ1v) is 7.74. The molecule has 2 atom stereocenters. The second-order valence-corrected chi connectivity index (χ2v) is 5.66. The summed E-state index contributed by atoms with van der Waals surface area (Å²) < 4.78 is 7.01. The molecule has 2 heterocycles. The van der Waals surface area contributed by atoms with Crippen molar-refractivity contribution in [3.63, 3.8) is 0 Å². The lowest BCUT2D eigenvalue weighted by molar-refractivity contribution is 0.0903. The smallest absolute Gasteiger partial charge is 0.251 e. The van der Waals surface area contributed by atoms with Crippen molar-refractivity contribution in [3.05, 3.63) is 72.7 Å². The lowest BCUT2D eigenvalue weighted by atomic mass is 10.1. The van der Waals surface area contributed by atoms with E-state index in [0.717, 1.165) is 5.69 Å². The Morgan fingerprint density at radius 2 is 2.25 bits per heavy atom. The maximum Gasteiger partial charge on any atom is 0.251 e. The van der Waals surface area contributed by atoms with Gasteiger partial charge in [-0.3, -0.25) is 4.79 Å². The van der Waals surface area contributed by atoms with Gasteiger partial charge in [-0.15, -0.1) is 0 Å². The first-order valence-electron chi connectivity index (χ1n) is 7.74. The van der Waals surface area contributed by atoms with E-state index in [1.807, 2.05) is 29.8 Å². The number of nitrogens with one attached hydrogen (secondary N) is 1. The average Bonchev–Trinajstić information content (AvgIpc) is 3.28. The minimum atomic E-state index is -0.743. The van der Waals surface area contributed by atoms with Crippen LogP contribution in [0.1, 0.15) is 35.6 Å². The molecule has 0 radical (unpaired) electrons. The van der Waals surface area contributed by atoms with E-state index >= 15 is 0 Å². The molecule has 0 aliphatic rings. The van der Waals surface area contributed by atoms with E-state index in [1.165, 1.54) is 6.26 Å². The summed E-state index contributed by atoms with van der Waals surface area (Å²) in [7, 11) is 0. The number of hydrogen-bond acceptors (Lipinski definition) is 4. The van der Waals surface area contributed by atoms with E-state index in [0.29, 0.717) is 17.7 Å². The second-order valence-electron chi connectivity index (χ2n) is 5.66. The summed E-state index contributed by atoms with van der Waals surface area (Å²) in [5.74, 6) is 0.314. The SMILES string of the molecule is CC(CC(O)c1ccco1)NC(=O)c1cccc(-n2ccnc2)c1. The van der Waals surface area contributed by atoms with Crippen LogP contribution in [0.4, 0.5) is 0 Å². The third-order valence-electron chi connectivity index (χ3n) is 3.74. The number of amides is 1. The summed E-state index contributed by atoms with van der Waals surface area (Å²) in [6.45, 7) is 1.85. The molecule has 0 saturated carbocycles. The molecular weight excluding hydrogens is 306 g/mol. The van der Waals surface area contributed by atoms with Gasteiger partial charge in [0.05, 0.1) is 12.6 Å². The normalized spacial score (nSPS) is 13.4. The van der Waals surface area contributed by atoms with Crippen molar-refractivity contribution < 1.29 is 14.3 Å². The minimum absolute atomic E-state index is 0.184. The minimum Gasteiger partial charge on any atom is -0.467 e. The van der Waals surface area contributed by atoms with Crippen LogP contribution in [0.5, 0.6) is 0 Å². The molecule has 6 nitrogen and oxygen atoms in total. The molecule has 0 bridgehead atoms. The van der Waals surface area contributed by atoms with Crippen LogP contribution in [-0.2, 0) is 0 Å². The van der Waals surface area contributed by atoms with Crippen LogP contribution in [0.15, 0.2) is 65.8 Å². The third kappa shape index (κ3) is 3.72. The number of imidazole rings is 1. The van der Waals surface area contributed by atoms with Gasteiger partial charge in [0.1, 0.15) is 11.9 Å². The zero-order chi connectivity index (χ0) is 16.9. The Kier molecular flexibility index (Phi) is 4.77. The van der Waals surface area contributed by atoms with Crippen LogP contribution in [-0.4, -0.2) is 26.6 Å². The largest absolute Gasteiger partial charge is 0.467 e. The Morgan fingerprint density at radius 3 is 2.96 bits per heavy atom.